The molecule has 0 fully saturated rings. The zero-order chi connectivity index (χ0) is 16.2. The Morgan fingerprint density at radius 1 is 1.24 bits per heavy atom. The third-order valence-electron chi connectivity index (χ3n) is 3.23. The van der Waals surface area contributed by atoms with Crippen LogP contribution in [0.15, 0.2) is 17.0 Å². The summed E-state index contributed by atoms with van der Waals surface area (Å²) in [6, 6.07) is 3.09. The van der Waals surface area contributed by atoms with E-state index < -0.39 is 16.1 Å². The smallest absolute Gasteiger partial charge is 0.243 e. The number of sulfonamides is 1. The summed E-state index contributed by atoms with van der Waals surface area (Å²) in [5, 5.41) is 9.28. The van der Waals surface area contributed by atoms with Gasteiger partial charge >= 0.3 is 0 Å². The summed E-state index contributed by atoms with van der Waals surface area (Å²) in [4.78, 5) is 0.174. The molecule has 1 rings (SSSR count). The van der Waals surface area contributed by atoms with Crippen LogP contribution in [0.3, 0.4) is 0 Å². The number of nitrogens with zero attached hydrogens (tertiary/aromatic N) is 1. The van der Waals surface area contributed by atoms with E-state index in [-0.39, 0.29) is 11.4 Å². The number of hydrogen-bond donors (Lipinski definition) is 1. The normalized spacial score (nSPS) is 13.3. The Kier molecular flexibility index (Phi) is 6.00. The Balaban J connectivity index is 3.19. The minimum Gasteiger partial charge on any atom is -0.493 e. The second-order valence-electron chi connectivity index (χ2n) is 4.94. The van der Waals surface area contributed by atoms with Crippen LogP contribution in [0, 0.1) is 6.92 Å². The van der Waals surface area contributed by atoms with Crippen molar-refractivity contribution in [2.75, 3.05) is 27.8 Å². The van der Waals surface area contributed by atoms with E-state index in [0.717, 1.165) is 0 Å². The fraction of sp³-hybridized carbons (Fsp3) is 0.571. The number of hydrogen-bond acceptors (Lipinski definition) is 5. The molecule has 1 unspecified atom stereocenters. The maximum atomic E-state index is 12.6. The standard InChI is InChI=1S/C14H23NO5S/c1-10-8-12(19-4)13(20-5)9-14(10)21(17,18)15(3)7-6-11(2)16/h8-9,11,16H,6-7H2,1-5H3. The fourth-order valence-corrected chi connectivity index (χ4v) is 3.30. The molecule has 21 heavy (non-hydrogen) atoms. The van der Waals surface area contributed by atoms with Gasteiger partial charge in [0.15, 0.2) is 11.5 Å². The van der Waals surface area contributed by atoms with Crippen LogP contribution in [0.4, 0.5) is 0 Å². The Bertz CT molecular complexity index is 583. The number of rotatable bonds is 7. The van der Waals surface area contributed by atoms with E-state index >= 15 is 0 Å². The highest BCUT2D eigenvalue weighted by Gasteiger charge is 2.25. The van der Waals surface area contributed by atoms with E-state index in [2.05, 4.69) is 0 Å². The lowest BCUT2D eigenvalue weighted by Crippen LogP contribution is -2.30. The molecule has 0 saturated carbocycles. The Morgan fingerprint density at radius 3 is 2.24 bits per heavy atom. The molecular formula is C14H23NO5S. The molecule has 7 heteroatoms. The first-order valence-electron chi connectivity index (χ1n) is 6.61. The van der Waals surface area contributed by atoms with Gasteiger partial charge in [-0.3, -0.25) is 0 Å². The lowest BCUT2D eigenvalue weighted by atomic mass is 10.2. The Hall–Kier alpha value is -1.31. The van der Waals surface area contributed by atoms with Gasteiger partial charge in [0.25, 0.3) is 0 Å². The van der Waals surface area contributed by atoms with Gasteiger partial charge in [0, 0.05) is 19.7 Å². The molecule has 120 valence electrons. The van der Waals surface area contributed by atoms with Crippen molar-refractivity contribution in [1.29, 1.82) is 0 Å². The van der Waals surface area contributed by atoms with Crippen LogP contribution in [0.2, 0.25) is 0 Å². The Labute approximate surface area is 126 Å². The highest BCUT2D eigenvalue weighted by molar-refractivity contribution is 7.89. The van der Waals surface area contributed by atoms with Crippen molar-refractivity contribution < 1.29 is 23.0 Å². The van der Waals surface area contributed by atoms with E-state index in [1.165, 1.54) is 31.6 Å². The third kappa shape index (κ3) is 4.09. The van der Waals surface area contributed by atoms with E-state index in [1.54, 1.807) is 19.9 Å². The number of aryl methyl sites for hydroxylation is 1. The molecule has 0 spiro atoms. The van der Waals surface area contributed by atoms with Gasteiger partial charge in [-0.15, -0.1) is 0 Å². The minimum absolute atomic E-state index is 0.174. The van der Waals surface area contributed by atoms with Crippen molar-refractivity contribution in [3.63, 3.8) is 0 Å². The van der Waals surface area contributed by atoms with Gasteiger partial charge in [-0.05, 0) is 31.9 Å². The number of benzene rings is 1. The van der Waals surface area contributed by atoms with Crippen molar-refractivity contribution in [2.24, 2.45) is 0 Å². The van der Waals surface area contributed by atoms with Crippen LogP contribution in [0.1, 0.15) is 18.9 Å². The molecule has 1 aromatic carbocycles. The number of aliphatic hydroxyl groups excluding tert-OH is 1. The number of aliphatic hydroxyl groups is 1. The highest BCUT2D eigenvalue weighted by Crippen LogP contribution is 2.33. The molecule has 1 atom stereocenters. The number of ether oxygens (including phenoxy) is 2. The molecule has 1 N–H and O–H groups in total. The second kappa shape index (κ2) is 7.11. The average Bonchev–Trinajstić information content (AvgIpc) is 2.43. The highest BCUT2D eigenvalue weighted by atomic mass is 32.2. The summed E-state index contributed by atoms with van der Waals surface area (Å²) in [7, 11) is 0.817. The zero-order valence-corrected chi connectivity index (χ0v) is 13.9. The summed E-state index contributed by atoms with van der Waals surface area (Å²) in [5.41, 5.74) is 0.580. The van der Waals surface area contributed by atoms with Gasteiger partial charge < -0.3 is 14.6 Å². The van der Waals surface area contributed by atoms with Gasteiger partial charge in [-0.2, -0.15) is 0 Å². The number of methoxy groups -OCH3 is 2. The van der Waals surface area contributed by atoms with Crippen molar-refractivity contribution >= 4 is 10.0 Å². The van der Waals surface area contributed by atoms with Gasteiger partial charge in [0.2, 0.25) is 10.0 Å². The first-order valence-corrected chi connectivity index (χ1v) is 8.05. The summed E-state index contributed by atoms with van der Waals surface area (Å²) in [6.07, 6.45) is -0.170. The molecule has 0 aliphatic heterocycles. The zero-order valence-electron chi connectivity index (χ0n) is 13.1. The predicted molar refractivity (Wildman–Crippen MR) is 80.4 cm³/mol. The molecule has 0 saturated heterocycles. The molecule has 0 heterocycles. The molecule has 0 aliphatic carbocycles. The molecule has 0 bridgehead atoms. The molecular weight excluding hydrogens is 294 g/mol. The maximum absolute atomic E-state index is 12.6. The Morgan fingerprint density at radius 2 is 1.76 bits per heavy atom. The first kappa shape index (κ1) is 17.7. The van der Waals surface area contributed by atoms with Gasteiger partial charge in [0.05, 0.1) is 25.2 Å². The maximum Gasteiger partial charge on any atom is 0.243 e. The van der Waals surface area contributed by atoms with Gasteiger partial charge in [-0.25, -0.2) is 12.7 Å². The van der Waals surface area contributed by atoms with Crippen molar-refractivity contribution in [3.8, 4) is 11.5 Å². The fourth-order valence-electron chi connectivity index (χ4n) is 1.90. The lowest BCUT2D eigenvalue weighted by molar-refractivity contribution is 0.177. The summed E-state index contributed by atoms with van der Waals surface area (Å²) < 4.78 is 36.7. The lowest BCUT2D eigenvalue weighted by Gasteiger charge is -2.20. The largest absolute Gasteiger partial charge is 0.493 e. The summed E-state index contributed by atoms with van der Waals surface area (Å²) in [5.74, 6) is 0.853. The van der Waals surface area contributed by atoms with Crippen molar-refractivity contribution in [1.82, 2.24) is 4.31 Å². The molecule has 1 aromatic rings. The van der Waals surface area contributed by atoms with E-state index in [0.29, 0.717) is 23.5 Å². The van der Waals surface area contributed by atoms with Crippen LogP contribution in [-0.2, 0) is 10.0 Å². The minimum atomic E-state index is -3.64. The summed E-state index contributed by atoms with van der Waals surface area (Å²) in [6.45, 7) is 3.58. The van der Waals surface area contributed by atoms with Crippen LogP contribution in [-0.4, -0.2) is 51.7 Å². The molecule has 0 radical (unpaired) electrons. The quantitative estimate of drug-likeness (QED) is 0.823. The van der Waals surface area contributed by atoms with Crippen molar-refractivity contribution in [2.45, 2.75) is 31.3 Å². The second-order valence-corrected chi connectivity index (χ2v) is 6.95. The SMILES string of the molecule is COc1cc(C)c(S(=O)(=O)N(C)CCC(C)O)cc1OC. The van der Waals surface area contributed by atoms with Crippen LogP contribution >= 0.6 is 0 Å². The van der Waals surface area contributed by atoms with Gasteiger partial charge in [0.1, 0.15) is 0 Å². The van der Waals surface area contributed by atoms with Gasteiger partial charge in [-0.1, -0.05) is 0 Å². The molecule has 0 aromatic heterocycles. The predicted octanol–water partition coefficient (Wildman–Crippen LogP) is 1.40. The molecule has 6 nitrogen and oxygen atoms in total. The summed E-state index contributed by atoms with van der Waals surface area (Å²) >= 11 is 0. The monoisotopic (exact) mass is 317 g/mol. The van der Waals surface area contributed by atoms with E-state index in [1.807, 2.05) is 0 Å². The topological polar surface area (TPSA) is 76.1 Å². The first-order chi connectivity index (χ1) is 9.73. The molecule has 0 amide bonds. The average molecular weight is 317 g/mol. The van der Waals surface area contributed by atoms with Crippen molar-refractivity contribution in [3.05, 3.63) is 17.7 Å². The molecule has 0 aliphatic rings. The van der Waals surface area contributed by atoms with Crippen LogP contribution in [0.5, 0.6) is 11.5 Å². The van der Waals surface area contributed by atoms with Crippen LogP contribution < -0.4 is 9.47 Å². The van der Waals surface area contributed by atoms with E-state index in [4.69, 9.17) is 9.47 Å². The van der Waals surface area contributed by atoms with E-state index in [9.17, 15) is 13.5 Å². The third-order valence-corrected chi connectivity index (χ3v) is 5.23. The van der Waals surface area contributed by atoms with Crippen LogP contribution in [0.25, 0.3) is 0 Å².